The molecule has 0 radical (unpaired) electrons. The molecule has 0 aliphatic carbocycles. The first-order valence-corrected chi connectivity index (χ1v) is 9.06. The van der Waals surface area contributed by atoms with E-state index in [-0.39, 0.29) is 18.0 Å². The Labute approximate surface area is 152 Å². The summed E-state index contributed by atoms with van der Waals surface area (Å²) in [5, 5.41) is 6.31. The fourth-order valence-electron chi connectivity index (χ4n) is 2.10. The van der Waals surface area contributed by atoms with Gasteiger partial charge in [-0.25, -0.2) is 8.42 Å². The maximum absolute atomic E-state index is 12.5. The van der Waals surface area contributed by atoms with Crippen LogP contribution in [0.5, 0.6) is 0 Å². The Hall–Kier alpha value is -3.21. The summed E-state index contributed by atoms with van der Waals surface area (Å²) in [6.07, 6.45) is 3.15. The number of amides is 1. The molecule has 27 heavy (non-hydrogen) atoms. The Morgan fingerprint density at radius 3 is 2.41 bits per heavy atom. The van der Waals surface area contributed by atoms with Gasteiger partial charge in [0.2, 0.25) is 21.6 Å². The summed E-state index contributed by atoms with van der Waals surface area (Å²) in [6, 6.07) is 7.57. The topological polar surface area (TPSA) is 115 Å². The van der Waals surface area contributed by atoms with E-state index in [4.69, 9.17) is 4.52 Å². The zero-order valence-electron chi connectivity index (χ0n) is 13.5. The molecule has 1 amide bonds. The highest BCUT2D eigenvalue weighted by Crippen LogP contribution is 2.19. The fraction of sp³-hybridized carbons (Fsp3) is 0.125. The van der Waals surface area contributed by atoms with Crippen LogP contribution in [0.25, 0.3) is 11.4 Å². The quantitative estimate of drug-likeness (QED) is 0.680. The number of sulfone groups is 1. The third kappa shape index (κ3) is 4.14. The minimum absolute atomic E-state index is 0.0615. The summed E-state index contributed by atoms with van der Waals surface area (Å²) in [7, 11) is -4.70. The minimum Gasteiger partial charge on any atom is -0.343 e. The molecule has 0 fully saturated rings. The number of carbonyl (C=O) groups is 1. The van der Waals surface area contributed by atoms with Gasteiger partial charge in [0.05, 0.1) is 11.4 Å². The van der Waals surface area contributed by atoms with Gasteiger partial charge < -0.3 is 9.84 Å². The molecule has 1 aromatic carbocycles. The van der Waals surface area contributed by atoms with E-state index in [9.17, 15) is 22.0 Å². The van der Waals surface area contributed by atoms with Crippen molar-refractivity contribution < 1.29 is 26.5 Å². The molecular weight excluding hydrogens is 382 g/mol. The second-order valence-corrected chi connectivity index (χ2v) is 7.18. The van der Waals surface area contributed by atoms with Gasteiger partial charge in [0.15, 0.2) is 0 Å². The zero-order valence-corrected chi connectivity index (χ0v) is 14.4. The van der Waals surface area contributed by atoms with Crippen LogP contribution in [0.3, 0.4) is 0 Å². The molecule has 3 rings (SSSR count). The fourth-order valence-corrected chi connectivity index (χ4v) is 2.82. The van der Waals surface area contributed by atoms with Gasteiger partial charge in [-0.2, -0.15) is 13.8 Å². The van der Waals surface area contributed by atoms with E-state index in [1.165, 1.54) is 0 Å². The van der Waals surface area contributed by atoms with Crippen molar-refractivity contribution in [2.45, 2.75) is 17.2 Å². The molecule has 2 heterocycles. The van der Waals surface area contributed by atoms with Crippen LogP contribution >= 0.6 is 0 Å². The van der Waals surface area contributed by atoms with Gasteiger partial charge in [0.1, 0.15) is 0 Å². The molecule has 140 valence electrons. The summed E-state index contributed by atoms with van der Waals surface area (Å²) in [5.41, 5.74) is 0.791. The first-order valence-electron chi connectivity index (χ1n) is 7.51. The SMILES string of the molecule is O=C(NCc1nc(-c2ccncc2)no1)c1ccc(S(=O)(=O)C(F)F)cc1. The highest BCUT2D eigenvalue weighted by Gasteiger charge is 2.26. The summed E-state index contributed by atoms with van der Waals surface area (Å²) in [4.78, 5) is 19.5. The van der Waals surface area contributed by atoms with Crippen molar-refractivity contribution in [3.8, 4) is 11.4 Å². The highest BCUT2D eigenvalue weighted by molar-refractivity contribution is 7.91. The van der Waals surface area contributed by atoms with Crippen molar-refractivity contribution >= 4 is 15.7 Å². The lowest BCUT2D eigenvalue weighted by molar-refractivity contribution is 0.0946. The molecule has 1 N–H and O–H groups in total. The molecule has 0 saturated heterocycles. The van der Waals surface area contributed by atoms with Crippen molar-refractivity contribution in [3.63, 3.8) is 0 Å². The first-order chi connectivity index (χ1) is 12.9. The second-order valence-electron chi connectivity index (χ2n) is 5.26. The molecule has 11 heteroatoms. The molecule has 2 aromatic heterocycles. The Balaban J connectivity index is 1.64. The summed E-state index contributed by atoms with van der Waals surface area (Å²) in [6.45, 7) is -0.0615. The van der Waals surface area contributed by atoms with Gasteiger partial charge in [-0.1, -0.05) is 5.16 Å². The summed E-state index contributed by atoms with van der Waals surface area (Å²) < 4.78 is 52.8. The van der Waals surface area contributed by atoms with Crippen LogP contribution in [0.4, 0.5) is 8.78 Å². The van der Waals surface area contributed by atoms with Crippen LogP contribution < -0.4 is 5.32 Å². The zero-order chi connectivity index (χ0) is 19.4. The highest BCUT2D eigenvalue weighted by atomic mass is 32.2. The third-order valence-electron chi connectivity index (χ3n) is 3.49. The van der Waals surface area contributed by atoms with Crippen LogP contribution in [0.15, 0.2) is 58.2 Å². The van der Waals surface area contributed by atoms with Crippen LogP contribution in [0, 0.1) is 0 Å². The van der Waals surface area contributed by atoms with Crippen molar-refractivity contribution in [2.24, 2.45) is 0 Å². The van der Waals surface area contributed by atoms with Crippen LogP contribution in [0.1, 0.15) is 16.2 Å². The van der Waals surface area contributed by atoms with E-state index in [0.29, 0.717) is 11.4 Å². The lowest BCUT2D eigenvalue weighted by Crippen LogP contribution is -2.23. The maximum Gasteiger partial charge on any atom is 0.341 e. The predicted molar refractivity (Wildman–Crippen MR) is 88.3 cm³/mol. The van der Waals surface area contributed by atoms with Gasteiger partial charge in [0.25, 0.3) is 5.91 Å². The first kappa shape index (κ1) is 18.6. The van der Waals surface area contributed by atoms with E-state index in [0.717, 1.165) is 24.3 Å². The number of halogens is 2. The molecular formula is C16H12F2N4O4S. The normalized spacial score (nSPS) is 11.5. The van der Waals surface area contributed by atoms with Crippen LogP contribution in [-0.4, -0.2) is 35.2 Å². The average molecular weight is 394 g/mol. The number of pyridine rings is 1. The van der Waals surface area contributed by atoms with Gasteiger partial charge in [-0.15, -0.1) is 0 Å². The van der Waals surface area contributed by atoms with Crippen LogP contribution in [0.2, 0.25) is 0 Å². The Morgan fingerprint density at radius 2 is 1.78 bits per heavy atom. The molecule has 0 saturated carbocycles. The number of carbonyl (C=O) groups excluding carboxylic acids is 1. The van der Waals surface area contributed by atoms with E-state index < -0.39 is 26.4 Å². The third-order valence-corrected chi connectivity index (χ3v) is 4.88. The summed E-state index contributed by atoms with van der Waals surface area (Å²) in [5.74, 6) is -3.58. The lowest BCUT2D eigenvalue weighted by atomic mass is 10.2. The number of rotatable bonds is 6. The standard InChI is InChI=1S/C16H12F2N4O4S/c17-16(18)27(24,25)12-3-1-11(2-4-12)15(23)20-9-13-21-14(22-26-13)10-5-7-19-8-6-10/h1-8,16H,9H2,(H,20,23). The Kier molecular flexibility index (Phi) is 5.21. The van der Waals surface area contributed by atoms with Gasteiger partial charge in [0, 0.05) is 23.5 Å². The van der Waals surface area contributed by atoms with E-state index >= 15 is 0 Å². The van der Waals surface area contributed by atoms with Gasteiger partial charge in [-0.05, 0) is 36.4 Å². The molecule has 0 unspecified atom stereocenters. The van der Waals surface area contributed by atoms with Gasteiger partial charge in [-0.3, -0.25) is 9.78 Å². The van der Waals surface area contributed by atoms with E-state index in [1.54, 1.807) is 24.5 Å². The maximum atomic E-state index is 12.5. The Morgan fingerprint density at radius 1 is 1.11 bits per heavy atom. The number of hydrogen-bond acceptors (Lipinski definition) is 7. The number of aromatic nitrogens is 3. The molecule has 0 aliphatic heterocycles. The smallest absolute Gasteiger partial charge is 0.341 e. The molecule has 0 bridgehead atoms. The van der Waals surface area contributed by atoms with Crippen molar-refractivity contribution in [3.05, 3.63) is 60.2 Å². The molecule has 8 nitrogen and oxygen atoms in total. The molecule has 3 aromatic rings. The Bertz CT molecular complexity index is 1040. The minimum atomic E-state index is -4.70. The van der Waals surface area contributed by atoms with E-state index in [2.05, 4.69) is 20.4 Å². The van der Waals surface area contributed by atoms with E-state index in [1.807, 2.05) is 0 Å². The van der Waals surface area contributed by atoms with Crippen molar-refractivity contribution in [2.75, 3.05) is 0 Å². The monoisotopic (exact) mass is 394 g/mol. The largest absolute Gasteiger partial charge is 0.343 e. The number of nitrogens with one attached hydrogen (secondary N) is 1. The average Bonchev–Trinajstić information content (AvgIpc) is 3.16. The number of nitrogens with zero attached hydrogens (tertiary/aromatic N) is 3. The number of benzene rings is 1. The van der Waals surface area contributed by atoms with Crippen molar-refractivity contribution in [1.29, 1.82) is 0 Å². The molecule has 0 aliphatic rings. The molecule has 0 atom stereocenters. The summed E-state index contributed by atoms with van der Waals surface area (Å²) >= 11 is 0. The second kappa shape index (κ2) is 7.58. The lowest BCUT2D eigenvalue weighted by Gasteiger charge is -2.05. The molecule has 0 spiro atoms. The van der Waals surface area contributed by atoms with Crippen LogP contribution in [-0.2, 0) is 16.4 Å². The van der Waals surface area contributed by atoms with Crippen molar-refractivity contribution in [1.82, 2.24) is 20.4 Å². The number of alkyl halides is 2. The van der Waals surface area contributed by atoms with Gasteiger partial charge >= 0.3 is 5.76 Å². The number of hydrogen-bond donors (Lipinski definition) is 1. The predicted octanol–water partition coefficient (Wildman–Crippen LogP) is 2.06.